The molecule has 0 aliphatic rings. The van der Waals surface area contributed by atoms with Gasteiger partial charge < -0.3 is 19.5 Å². The Kier molecular flexibility index (Phi) is 7.19. The lowest BCUT2D eigenvalue weighted by Gasteiger charge is -2.13. The first kappa shape index (κ1) is 22.9. The highest BCUT2D eigenvalue weighted by Gasteiger charge is 2.31. The van der Waals surface area contributed by atoms with Crippen LogP contribution in [0.15, 0.2) is 35.9 Å². The van der Waals surface area contributed by atoms with Crippen molar-refractivity contribution in [2.24, 2.45) is 0 Å². The molecule has 1 N–H and O–H groups in total. The zero-order valence-electron chi connectivity index (χ0n) is 16.1. The summed E-state index contributed by atoms with van der Waals surface area (Å²) in [7, 11) is 4.22. The van der Waals surface area contributed by atoms with Crippen molar-refractivity contribution in [2.45, 2.75) is 6.18 Å². The third-order valence-corrected chi connectivity index (χ3v) is 4.23. The maximum atomic E-state index is 12.9. The van der Waals surface area contributed by atoms with Gasteiger partial charge in [-0.2, -0.15) is 18.4 Å². The average molecular weight is 441 g/mol. The number of halogens is 4. The summed E-state index contributed by atoms with van der Waals surface area (Å²) in [6.07, 6.45) is -3.39. The molecule has 2 aromatic rings. The molecule has 1 amide bonds. The first-order valence-electron chi connectivity index (χ1n) is 8.24. The maximum Gasteiger partial charge on any atom is 0.416 e. The molecule has 0 unspecified atom stereocenters. The van der Waals surface area contributed by atoms with Crippen molar-refractivity contribution >= 4 is 29.3 Å². The second-order valence-electron chi connectivity index (χ2n) is 5.77. The Bertz CT molecular complexity index is 1000. The Morgan fingerprint density at radius 3 is 2.17 bits per heavy atom. The third-order valence-electron chi connectivity index (χ3n) is 3.91. The van der Waals surface area contributed by atoms with Crippen LogP contribution in [0.4, 0.5) is 18.9 Å². The molecule has 6 nitrogen and oxygen atoms in total. The van der Waals surface area contributed by atoms with Crippen LogP contribution in [0.1, 0.15) is 11.1 Å². The van der Waals surface area contributed by atoms with Gasteiger partial charge in [0.25, 0.3) is 5.91 Å². The summed E-state index contributed by atoms with van der Waals surface area (Å²) in [4.78, 5) is 12.5. The van der Waals surface area contributed by atoms with E-state index in [1.165, 1.54) is 39.5 Å². The van der Waals surface area contributed by atoms with Gasteiger partial charge in [0.15, 0.2) is 11.5 Å². The molecule has 0 spiro atoms. The molecule has 2 rings (SSSR count). The number of amides is 1. The zero-order valence-corrected chi connectivity index (χ0v) is 16.8. The van der Waals surface area contributed by atoms with Crippen LogP contribution in [0.3, 0.4) is 0 Å². The van der Waals surface area contributed by atoms with Crippen molar-refractivity contribution in [3.63, 3.8) is 0 Å². The molecule has 0 heterocycles. The number of carbonyl (C=O) groups is 1. The molecule has 30 heavy (non-hydrogen) atoms. The summed E-state index contributed by atoms with van der Waals surface area (Å²) in [5.41, 5.74) is -1.28. The van der Waals surface area contributed by atoms with E-state index in [-0.39, 0.29) is 16.3 Å². The van der Waals surface area contributed by atoms with Crippen LogP contribution in [0.2, 0.25) is 5.02 Å². The van der Waals surface area contributed by atoms with Gasteiger partial charge in [-0.25, -0.2) is 0 Å². The fraction of sp³-hybridized carbons (Fsp3) is 0.200. The zero-order chi connectivity index (χ0) is 22.5. The van der Waals surface area contributed by atoms with Gasteiger partial charge in [-0.05, 0) is 42.0 Å². The minimum Gasteiger partial charge on any atom is -0.493 e. The second kappa shape index (κ2) is 9.41. The number of nitriles is 1. The van der Waals surface area contributed by atoms with Gasteiger partial charge in [0.05, 0.1) is 37.6 Å². The van der Waals surface area contributed by atoms with Gasteiger partial charge in [0.2, 0.25) is 5.75 Å². The SMILES string of the molecule is COc1cc(/C=C(\C#N)C(=O)Nc2cc(C(F)(F)F)ccc2Cl)cc(OC)c1OC. The van der Waals surface area contributed by atoms with E-state index in [0.29, 0.717) is 28.9 Å². The summed E-state index contributed by atoms with van der Waals surface area (Å²) in [5, 5.41) is 11.5. The molecule has 0 bridgehead atoms. The minimum absolute atomic E-state index is 0.110. The van der Waals surface area contributed by atoms with Gasteiger partial charge in [-0.15, -0.1) is 0 Å². The Balaban J connectivity index is 2.40. The second-order valence-corrected chi connectivity index (χ2v) is 6.18. The molecular formula is C20H16ClF3N2O4. The van der Waals surface area contributed by atoms with Gasteiger partial charge in [-0.3, -0.25) is 4.79 Å². The summed E-state index contributed by atoms with van der Waals surface area (Å²) < 4.78 is 54.3. The number of nitrogens with zero attached hydrogens (tertiary/aromatic N) is 1. The smallest absolute Gasteiger partial charge is 0.416 e. The van der Waals surface area contributed by atoms with Crippen molar-refractivity contribution in [3.8, 4) is 23.3 Å². The summed E-state index contributed by atoms with van der Waals surface area (Å²) in [6.45, 7) is 0. The number of rotatable bonds is 6. The number of hydrogen-bond acceptors (Lipinski definition) is 5. The number of nitrogens with one attached hydrogen (secondary N) is 1. The Hall–Kier alpha value is -3.38. The Morgan fingerprint density at radius 1 is 1.10 bits per heavy atom. The van der Waals surface area contributed by atoms with E-state index in [0.717, 1.165) is 12.1 Å². The highest BCUT2D eigenvalue weighted by molar-refractivity contribution is 6.34. The largest absolute Gasteiger partial charge is 0.493 e. The van der Waals surface area contributed by atoms with Crippen LogP contribution in [-0.2, 0) is 11.0 Å². The molecule has 10 heteroatoms. The standard InChI is InChI=1S/C20H16ClF3N2O4/c1-28-16-7-11(8-17(29-2)18(16)30-3)6-12(10-25)19(27)26-15-9-13(20(22,23)24)4-5-14(15)21/h4-9H,1-3H3,(H,26,27)/b12-6+. The molecule has 158 valence electrons. The number of ether oxygens (including phenoxy) is 3. The number of anilines is 1. The predicted octanol–water partition coefficient (Wildman–Crippen LogP) is 4.93. The monoisotopic (exact) mass is 440 g/mol. The predicted molar refractivity (Wildman–Crippen MR) is 105 cm³/mol. The van der Waals surface area contributed by atoms with Crippen LogP contribution in [0.5, 0.6) is 17.2 Å². The van der Waals surface area contributed by atoms with Crippen molar-refractivity contribution in [1.82, 2.24) is 0 Å². The Labute approximate surface area is 175 Å². The van der Waals surface area contributed by atoms with E-state index in [2.05, 4.69) is 5.32 Å². The molecule has 0 radical (unpaired) electrons. The lowest BCUT2D eigenvalue weighted by Crippen LogP contribution is -2.15. The Morgan fingerprint density at radius 2 is 1.70 bits per heavy atom. The van der Waals surface area contributed by atoms with E-state index in [1.807, 2.05) is 0 Å². The molecule has 0 saturated heterocycles. The number of benzene rings is 2. The molecule has 0 aromatic heterocycles. The first-order valence-corrected chi connectivity index (χ1v) is 8.62. The van der Waals surface area contributed by atoms with Gasteiger partial charge in [-0.1, -0.05) is 11.6 Å². The number of carbonyl (C=O) groups excluding carboxylic acids is 1. The van der Waals surface area contributed by atoms with Crippen LogP contribution in [0, 0.1) is 11.3 Å². The molecule has 2 aromatic carbocycles. The van der Waals surface area contributed by atoms with E-state index in [1.54, 1.807) is 6.07 Å². The number of methoxy groups -OCH3 is 3. The minimum atomic E-state index is -4.62. The van der Waals surface area contributed by atoms with Crippen LogP contribution in [0.25, 0.3) is 6.08 Å². The van der Waals surface area contributed by atoms with Crippen LogP contribution < -0.4 is 19.5 Å². The fourth-order valence-corrected chi connectivity index (χ4v) is 2.65. The summed E-state index contributed by atoms with van der Waals surface area (Å²) in [6, 6.07) is 7.20. The van der Waals surface area contributed by atoms with Crippen molar-refractivity contribution < 1.29 is 32.2 Å². The molecular weight excluding hydrogens is 425 g/mol. The average Bonchev–Trinajstić information content (AvgIpc) is 2.71. The third kappa shape index (κ3) is 5.15. The quantitative estimate of drug-likeness (QED) is 0.509. The molecule has 0 fully saturated rings. The number of hydrogen-bond donors (Lipinski definition) is 1. The maximum absolute atomic E-state index is 12.9. The fourth-order valence-electron chi connectivity index (χ4n) is 2.49. The van der Waals surface area contributed by atoms with Crippen molar-refractivity contribution in [1.29, 1.82) is 5.26 Å². The normalized spacial score (nSPS) is 11.5. The van der Waals surface area contributed by atoms with E-state index in [4.69, 9.17) is 25.8 Å². The van der Waals surface area contributed by atoms with Crippen LogP contribution in [-0.4, -0.2) is 27.2 Å². The number of alkyl halides is 3. The van der Waals surface area contributed by atoms with Crippen molar-refractivity contribution in [2.75, 3.05) is 26.6 Å². The lowest BCUT2D eigenvalue weighted by molar-refractivity contribution is -0.137. The van der Waals surface area contributed by atoms with Gasteiger partial charge >= 0.3 is 6.18 Å². The summed E-state index contributed by atoms with van der Waals surface area (Å²) in [5.74, 6) is -0.0354. The lowest BCUT2D eigenvalue weighted by atomic mass is 10.1. The van der Waals surface area contributed by atoms with E-state index < -0.39 is 17.6 Å². The van der Waals surface area contributed by atoms with Crippen molar-refractivity contribution in [3.05, 3.63) is 52.1 Å². The highest BCUT2D eigenvalue weighted by atomic mass is 35.5. The van der Waals surface area contributed by atoms with Crippen LogP contribution >= 0.6 is 11.6 Å². The summed E-state index contributed by atoms with van der Waals surface area (Å²) >= 11 is 5.88. The highest BCUT2D eigenvalue weighted by Crippen LogP contribution is 2.39. The molecule has 0 aliphatic heterocycles. The molecule has 0 aliphatic carbocycles. The van der Waals surface area contributed by atoms with E-state index in [9.17, 15) is 23.2 Å². The molecule has 0 saturated carbocycles. The molecule has 0 atom stereocenters. The topological polar surface area (TPSA) is 80.6 Å². The van der Waals surface area contributed by atoms with E-state index >= 15 is 0 Å². The first-order chi connectivity index (χ1) is 14.1. The van der Waals surface area contributed by atoms with Gasteiger partial charge in [0, 0.05) is 0 Å². The van der Waals surface area contributed by atoms with Gasteiger partial charge in [0.1, 0.15) is 11.6 Å².